The molecule has 1 heterocycles. The van der Waals surface area contributed by atoms with Crippen molar-refractivity contribution in [2.45, 2.75) is 40.0 Å². The van der Waals surface area contributed by atoms with Gasteiger partial charge in [-0.3, -0.25) is 9.59 Å². The van der Waals surface area contributed by atoms with Gasteiger partial charge in [0.05, 0.1) is 0 Å². The average Bonchev–Trinajstić information content (AvgIpc) is 2.94. The van der Waals surface area contributed by atoms with Crippen molar-refractivity contribution in [3.05, 3.63) is 36.0 Å². The lowest BCUT2D eigenvalue weighted by Gasteiger charge is -2.17. The van der Waals surface area contributed by atoms with E-state index >= 15 is 0 Å². The predicted octanol–water partition coefficient (Wildman–Crippen LogP) is 2.77. The second kappa shape index (κ2) is 7.99. The topological polar surface area (TPSA) is 74.0 Å². The number of nitrogens with one attached hydrogen (secondary N) is 3. The largest absolute Gasteiger partial charge is 0.361 e. The third-order valence-corrected chi connectivity index (χ3v) is 3.94. The quantitative estimate of drug-likeness (QED) is 0.683. The molecule has 2 amide bonds. The minimum Gasteiger partial charge on any atom is -0.361 e. The number of carbonyl (C=O) groups excluding carboxylic acids is 2. The molecular formula is C19H27N3O2. The Bertz CT molecular complexity index is 698. The second-order valence-corrected chi connectivity index (χ2v) is 7.07. The molecule has 0 aliphatic carbocycles. The van der Waals surface area contributed by atoms with Crippen molar-refractivity contribution in [1.82, 2.24) is 15.6 Å². The van der Waals surface area contributed by atoms with Gasteiger partial charge in [0.25, 0.3) is 0 Å². The van der Waals surface area contributed by atoms with E-state index in [2.05, 4.69) is 21.7 Å². The van der Waals surface area contributed by atoms with Crippen LogP contribution in [0.25, 0.3) is 10.9 Å². The molecule has 1 aromatic heterocycles. The molecule has 0 atom stereocenters. The molecule has 5 nitrogen and oxygen atoms in total. The first-order chi connectivity index (χ1) is 11.4. The summed E-state index contributed by atoms with van der Waals surface area (Å²) in [6.45, 7) is 6.78. The van der Waals surface area contributed by atoms with E-state index in [1.54, 1.807) is 0 Å². The Hall–Kier alpha value is -2.30. The fourth-order valence-corrected chi connectivity index (χ4v) is 2.48. The van der Waals surface area contributed by atoms with Crippen LogP contribution in [0.5, 0.6) is 0 Å². The third kappa shape index (κ3) is 5.11. The van der Waals surface area contributed by atoms with Crippen molar-refractivity contribution in [1.29, 1.82) is 0 Å². The molecule has 0 spiro atoms. The summed E-state index contributed by atoms with van der Waals surface area (Å²) in [6.07, 6.45) is 3.88. The van der Waals surface area contributed by atoms with E-state index in [1.807, 2.05) is 45.2 Å². The number of rotatable bonds is 7. The molecule has 0 saturated carbocycles. The highest BCUT2D eigenvalue weighted by molar-refractivity contribution is 5.83. The van der Waals surface area contributed by atoms with Gasteiger partial charge in [0.15, 0.2) is 0 Å². The zero-order chi connectivity index (χ0) is 17.6. The van der Waals surface area contributed by atoms with E-state index in [0.717, 1.165) is 11.9 Å². The molecule has 0 saturated heterocycles. The number of H-pyrrole nitrogens is 1. The lowest BCUT2D eigenvalue weighted by atomic mass is 9.96. The smallest absolute Gasteiger partial charge is 0.225 e. The van der Waals surface area contributed by atoms with Gasteiger partial charge in [0.1, 0.15) is 0 Å². The normalized spacial score (nSPS) is 11.5. The van der Waals surface area contributed by atoms with E-state index in [1.165, 1.54) is 10.9 Å². The van der Waals surface area contributed by atoms with Crippen molar-refractivity contribution in [3.63, 3.8) is 0 Å². The SMILES string of the molecule is CC(C)(C)C(=O)NCCCC(=O)NCCc1c[nH]c2ccccc12. The van der Waals surface area contributed by atoms with Gasteiger partial charge in [0, 0.05) is 42.0 Å². The highest BCUT2D eigenvalue weighted by Gasteiger charge is 2.20. The standard InChI is InChI=1S/C19H27N3O2/c1-19(2,3)18(24)21-11-6-9-17(23)20-12-10-14-13-22-16-8-5-4-7-15(14)16/h4-5,7-8,13,22H,6,9-12H2,1-3H3,(H,20,23)(H,21,24). The first kappa shape index (κ1) is 18.0. The van der Waals surface area contributed by atoms with Crippen LogP contribution in [0.3, 0.4) is 0 Å². The molecule has 2 rings (SSSR count). The molecule has 0 fully saturated rings. The monoisotopic (exact) mass is 329 g/mol. The van der Waals surface area contributed by atoms with Crippen molar-refractivity contribution in [3.8, 4) is 0 Å². The van der Waals surface area contributed by atoms with Crippen molar-refractivity contribution >= 4 is 22.7 Å². The zero-order valence-electron chi connectivity index (χ0n) is 14.7. The van der Waals surface area contributed by atoms with Crippen LogP contribution in [-0.4, -0.2) is 29.9 Å². The summed E-state index contributed by atoms with van der Waals surface area (Å²) in [5, 5.41) is 7.00. The summed E-state index contributed by atoms with van der Waals surface area (Å²) in [7, 11) is 0. The van der Waals surface area contributed by atoms with E-state index in [4.69, 9.17) is 0 Å². The number of aromatic amines is 1. The lowest BCUT2D eigenvalue weighted by molar-refractivity contribution is -0.128. The predicted molar refractivity (Wildman–Crippen MR) is 96.7 cm³/mol. The molecule has 0 aliphatic heterocycles. The van der Waals surface area contributed by atoms with E-state index in [9.17, 15) is 9.59 Å². The number of benzene rings is 1. The molecule has 0 bridgehead atoms. The summed E-state index contributed by atoms with van der Waals surface area (Å²) in [5.41, 5.74) is 1.94. The fraction of sp³-hybridized carbons (Fsp3) is 0.474. The molecule has 0 unspecified atom stereocenters. The Balaban J connectivity index is 1.64. The number of hydrogen-bond acceptors (Lipinski definition) is 2. The van der Waals surface area contributed by atoms with Gasteiger partial charge in [-0.25, -0.2) is 0 Å². The minimum absolute atomic E-state index is 0.0160. The average molecular weight is 329 g/mol. The van der Waals surface area contributed by atoms with Crippen LogP contribution in [-0.2, 0) is 16.0 Å². The van der Waals surface area contributed by atoms with Crippen LogP contribution in [0.1, 0.15) is 39.2 Å². The van der Waals surface area contributed by atoms with Gasteiger partial charge < -0.3 is 15.6 Å². The van der Waals surface area contributed by atoms with Crippen LogP contribution in [0, 0.1) is 5.41 Å². The van der Waals surface area contributed by atoms with E-state index < -0.39 is 0 Å². The van der Waals surface area contributed by atoms with Crippen LogP contribution >= 0.6 is 0 Å². The summed E-state index contributed by atoms with van der Waals surface area (Å²) >= 11 is 0. The van der Waals surface area contributed by atoms with Gasteiger partial charge >= 0.3 is 0 Å². The molecule has 1 aromatic carbocycles. The molecule has 24 heavy (non-hydrogen) atoms. The Morgan fingerprint density at radius 3 is 2.58 bits per heavy atom. The van der Waals surface area contributed by atoms with Crippen LogP contribution in [0.4, 0.5) is 0 Å². The molecule has 130 valence electrons. The highest BCUT2D eigenvalue weighted by Crippen LogP contribution is 2.17. The van der Waals surface area contributed by atoms with E-state index in [0.29, 0.717) is 25.9 Å². The maximum absolute atomic E-state index is 11.8. The van der Waals surface area contributed by atoms with Crippen LogP contribution in [0.15, 0.2) is 30.5 Å². The maximum Gasteiger partial charge on any atom is 0.225 e. The lowest BCUT2D eigenvalue weighted by Crippen LogP contribution is -2.35. The Kier molecular flexibility index (Phi) is 6.01. The van der Waals surface area contributed by atoms with E-state index in [-0.39, 0.29) is 17.2 Å². The summed E-state index contributed by atoms with van der Waals surface area (Å²) in [5.74, 6) is 0.0436. The number of aromatic nitrogens is 1. The first-order valence-electron chi connectivity index (χ1n) is 8.48. The van der Waals surface area contributed by atoms with Crippen LogP contribution in [0.2, 0.25) is 0 Å². The van der Waals surface area contributed by atoms with Gasteiger partial charge in [-0.15, -0.1) is 0 Å². The fourth-order valence-electron chi connectivity index (χ4n) is 2.48. The summed E-state index contributed by atoms with van der Waals surface area (Å²) in [4.78, 5) is 26.8. The Labute approximate surface area is 143 Å². The molecule has 2 aromatic rings. The molecule has 0 aliphatic rings. The minimum atomic E-state index is -0.387. The number of hydrogen-bond donors (Lipinski definition) is 3. The molecule has 3 N–H and O–H groups in total. The summed E-state index contributed by atoms with van der Waals surface area (Å²) < 4.78 is 0. The third-order valence-electron chi connectivity index (χ3n) is 3.94. The Morgan fingerprint density at radius 2 is 1.83 bits per heavy atom. The molecule has 5 heteroatoms. The number of amides is 2. The number of para-hydroxylation sites is 1. The first-order valence-corrected chi connectivity index (χ1v) is 8.48. The van der Waals surface area contributed by atoms with Gasteiger partial charge in [-0.1, -0.05) is 39.0 Å². The summed E-state index contributed by atoms with van der Waals surface area (Å²) in [6, 6.07) is 8.15. The van der Waals surface area contributed by atoms with Crippen molar-refractivity contribution in [2.24, 2.45) is 5.41 Å². The second-order valence-electron chi connectivity index (χ2n) is 7.07. The van der Waals surface area contributed by atoms with Crippen molar-refractivity contribution in [2.75, 3.05) is 13.1 Å². The van der Waals surface area contributed by atoms with Crippen molar-refractivity contribution < 1.29 is 9.59 Å². The maximum atomic E-state index is 11.8. The van der Waals surface area contributed by atoms with Gasteiger partial charge in [-0.2, -0.15) is 0 Å². The number of carbonyl (C=O) groups is 2. The molecule has 0 radical (unpaired) electrons. The highest BCUT2D eigenvalue weighted by atomic mass is 16.2. The van der Waals surface area contributed by atoms with Gasteiger partial charge in [-0.05, 0) is 24.5 Å². The van der Waals surface area contributed by atoms with Gasteiger partial charge in [0.2, 0.25) is 11.8 Å². The zero-order valence-corrected chi connectivity index (χ0v) is 14.7. The Morgan fingerprint density at radius 1 is 1.08 bits per heavy atom. The number of fused-ring (bicyclic) bond motifs is 1. The molecular weight excluding hydrogens is 302 g/mol. The van der Waals surface area contributed by atoms with Crippen LogP contribution < -0.4 is 10.6 Å².